The van der Waals surface area contributed by atoms with Crippen molar-refractivity contribution in [2.45, 2.75) is 13.5 Å². The summed E-state index contributed by atoms with van der Waals surface area (Å²) >= 11 is 7.28. The Morgan fingerprint density at radius 1 is 1.36 bits per heavy atom. The van der Waals surface area contributed by atoms with Gasteiger partial charge in [-0.15, -0.1) is 0 Å². The van der Waals surface area contributed by atoms with Crippen LogP contribution in [0.15, 0.2) is 29.3 Å². The number of fused-ring (bicyclic) bond motifs is 1. The number of carbonyl (C=O) groups excluding carboxylic acids is 1. The van der Waals surface area contributed by atoms with Crippen LogP contribution in [0.4, 0.5) is 10.8 Å². The second-order valence-electron chi connectivity index (χ2n) is 6.43. The molecule has 3 aromatic rings. The summed E-state index contributed by atoms with van der Waals surface area (Å²) < 4.78 is 7.08. The van der Waals surface area contributed by atoms with Gasteiger partial charge < -0.3 is 15.0 Å². The van der Waals surface area contributed by atoms with Gasteiger partial charge >= 0.3 is 0 Å². The molecule has 0 saturated carbocycles. The van der Waals surface area contributed by atoms with Crippen molar-refractivity contribution in [3.63, 3.8) is 0 Å². The number of nitrogens with one attached hydrogen (secondary N) is 1. The zero-order valence-corrected chi connectivity index (χ0v) is 16.7. The van der Waals surface area contributed by atoms with E-state index < -0.39 is 0 Å². The van der Waals surface area contributed by atoms with E-state index in [9.17, 15) is 9.59 Å². The highest BCUT2D eigenvalue weighted by atomic mass is 35.5. The predicted molar refractivity (Wildman–Crippen MR) is 110 cm³/mol. The molecule has 0 radical (unpaired) electrons. The average Bonchev–Trinajstić information content (AvgIpc) is 3.13. The van der Waals surface area contributed by atoms with Crippen molar-refractivity contribution in [3.05, 3.63) is 45.5 Å². The first-order valence-electron chi connectivity index (χ1n) is 8.76. The van der Waals surface area contributed by atoms with Gasteiger partial charge in [0, 0.05) is 23.8 Å². The number of hydrogen-bond donors (Lipinski definition) is 1. The van der Waals surface area contributed by atoms with Crippen molar-refractivity contribution in [2.24, 2.45) is 0 Å². The number of carbonyl (C=O) groups is 1. The first kappa shape index (κ1) is 18.9. The molecule has 0 spiro atoms. The smallest absolute Gasteiger partial charge is 0.273 e. The lowest BCUT2D eigenvalue weighted by molar-refractivity contribution is -0.116. The van der Waals surface area contributed by atoms with Gasteiger partial charge in [0.25, 0.3) is 5.56 Å². The molecule has 3 heterocycles. The maximum atomic E-state index is 12.8. The van der Waals surface area contributed by atoms with Gasteiger partial charge in [0.2, 0.25) is 5.91 Å². The Hall–Kier alpha value is -2.49. The van der Waals surface area contributed by atoms with Gasteiger partial charge in [0.1, 0.15) is 17.6 Å². The average molecular weight is 420 g/mol. The maximum absolute atomic E-state index is 12.8. The second kappa shape index (κ2) is 7.86. The van der Waals surface area contributed by atoms with E-state index in [2.05, 4.69) is 20.2 Å². The molecule has 2 aromatic heterocycles. The Kier molecular flexibility index (Phi) is 5.29. The molecule has 1 N–H and O–H groups in total. The molecule has 1 fully saturated rings. The summed E-state index contributed by atoms with van der Waals surface area (Å²) in [7, 11) is 0. The highest BCUT2D eigenvalue weighted by Crippen LogP contribution is 2.26. The highest BCUT2D eigenvalue weighted by Gasteiger charge is 2.18. The summed E-state index contributed by atoms with van der Waals surface area (Å²) in [5, 5.41) is 4.07. The zero-order chi connectivity index (χ0) is 19.7. The summed E-state index contributed by atoms with van der Waals surface area (Å²) in [4.78, 5) is 36.0. The molecule has 1 aromatic carbocycles. The van der Waals surface area contributed by atoms with Crippen LogP contribution in [-0.4, -0.2) is 46.7 Å². The van der Waals surface area contributed by atoms with Crippen LogP contribution < -0.4 is 15.8 Å². The lowest BCUT2D eigenvalue weighted by atomic mass is 10.2. The number of halogens is 1. The van der Waals surface area contributed by atoms with Gasteiger partial charge in [0.05, 0.1) is 13.2 Å². The summed E-state index contributed by atoms with van der Waals surface area (Å²) in [6.07, 6.45) is 1.36. The fraction of sp³-hybridized carbons (Fsp3) is 0.333. The minimum atomic E-state index is -0.327. The van der Waals surface area contributed by atoms with E-state index in [1.807, 2.05) is 13.0 Å². The highest BCUT2D eigenvalue weighted by molar-refractivity contribution is 7.22. The standard InChI is InChI=1S/C18H18ClN5O3S/c1-11-2-3-12(19)8-13(11)21-14(25)9-24-10-20-16-15(17(24)26)28-18(22-16)23-4-6-27-7-5-23/h2-3,8,10H,4-7,9H2,1H3,(H,21,25). The molecule has 28 heavy (non-hydrogen) atoms. The third-order valence-corrected chi connectivity index (χ3v) is 5.77. The quantitative estimate of drug-likeness (QED) is 0.697. The Morgan fingerprint density at radius 2 is 2.14 bits per heavy atom. The first-order valence-corrected chi connectivity index (χ1v) is 9.95. The minimum Gasteiger partial charge on any atom is -0.378 e. The van der Waals surface area contributed by atoms with E-state index in [-0.39, 0.29) is 18.0 Å². The molecule has 1 aliphatic rings. The molecular formula is C18H18ClN5O3S. The van der Waals surface area contributed by atoms with E-state index in [0.717, 1.165) is 23.8 Å². The molecule has 1 saturated heterocycles. The summed E-state index contributed by atoms with van der Waals surface area (Å²) in [6.45, 7) is 4.47. The van der Waals surface area contributed by atoms with Crippen molar-refractivity contribution in [1.82, 2.24) is 14.5 Å². The van der Waals surface area contributed by atoms with Crippen LogP contribution in [0.2, 0.25) is 5.02 Å². The molecule has 8 nitrogen and oxygen atoms in total. The molecule has 1 amide bonds. The molecule has 0 aliphatic carbocycles. The molecule has 0 unspecified atom stereocenters. The van der Waals surface area contributed by atoms with Gasteiger partial charge in [-0.1, -0.05) is 29.0 Å². The minimum absolute atomic E-state index is 0.140. The Bertz CT molecular complexity index is 1090. The molecule has 1 aliphatic heterocycles. The lowest BCUT2D eigenvalue weighted by Gasteiger charge is -2.25. The van der Waals surface area contributed by atoms with Crippen molar-refractivity contribution in [1.29, 1.82) is 0 Å². The number of morpholine rings is 1. The van der Waals surface area contributed by atoms with E-state index in [0.29, 0.717) is 34.3 Å². The van der Waals surface area contributed by atoms with Gasteiger partial charge in [0.15, 0.2) is 10.8 Å². The molecular weight excluding hydrogens is 402 g/mol. The van der Waals surface area contributed by atoms with Crippen LogP contribution in [0.25, 0.3) is 10.3 Å². The van der Waals surface area contributed by atoms with Crippen molar-refractivity contribution in [2.75, 3.05) is 36.5 Å². The van der Waals surface area contributed by atoms with Crippen LogP contribution in [0.1, 0.15) is 5.56 Å². The first-order chi connectivity index (χ1) is 13.5. The largest absolute Gasteiger partial charge is 0.378 e. The van der Waals surface area contributed by atoms with Gasteiger partial charge in [-0.05, 0) is 24.6 Å². The number of amides is 1. The third kappa shape index (κ3) is 3.87. The van der Waals surface area contributed by atoms with Crippen molar-refractivity contribution >= 4 is 50.0 Å². The van der Waals surface area contributed by atoms with Crippen LogP contribution >= 0.6 is 22.9 Å². The fourth-order valence-corrected chi connectivity index (χ4v) is 4.10. The summed E-state index contributed by atoms with van der Waals surface area (Å²) in [6, 6.07) is 5.25. The van der Waals surface area contributed by atoms with Crippen LogP contribution in [-0.2, 0) is 16.1 Å². The summed E-state index contributed by atoms with van der Waals surface area (Å²) in [5.41, 5.74) is 1.63. The fourth-order valence-electron chi connectivity index (χ4n) is 2.91. The number of aryl methyl sites for hydroxylation is 1. The zero-order valence-electron chi connectivity index (χ0n) is 15.1. The van der Waals surface area contributed by atoms with Crippen molar-refractivity contribution in [3.8, 4) is 0 Å². The number of anilines is 2. The van der Waals surface area contributed by atoms with E-state index in [1.165, 1.54) is 22.2 Å². The van der Waals surface area contributed by atoms with E-state index >= 15 is 0 Å². The van der Waals surface area contributed by atoms with E-state index in [1.54, 1.807) is 12.1 Å². The number of ether oxygens (including phenoxy) is 1. The van der Waals surface area contributed by atoms with E-state index in [4.69, 9.17) is 16.3 Å². The Balaban J connectivity index is 1.55. The second-order valence-corrected chi connectivity index (χ2v) is 7.85. The van der Waals surface area contributed by atoms with Gasteiger partial charge in [-0.2, -0.15) is 4.98 Å². The van der Waals surface area contributed by atoms with Crippen LogP contribution in [0.3, 0.4) is 0 Å². The maximum Gasteiger partial charge on any atom is 0.273 e. The molecule has 0 bridgehead atoms. The normalized spacial score (nSPS) is 14.4. The Labute approximate surface area is 169 Å². The van der Waals surface area contributed by atoms with Crippen LogP contribution in [0.5, 0.6) is 0 Å². The summed E-state index contributed by atoms with van der Waals surface area (Å²) in [5.74, 6) is -0.327. The topological polar surface area (TPSA) is 89.3 Å². The lowest BCUT2D eigenvalue weighted by Crippen LogP contribution is -2.36. The molecule has 146 valence electrons. The Morgan fingerprint density at radius 3 is 2.93 bits per heavy atom. The van der Waals surface area contributed by atoms with Gasteiger partial charge in [-0.3, -0.25) is 14.2 Å². The number of benzene rings is 1. The predicted octanol–water partition coefficient (Wildman–Crippen LogP) is 2.29. The number of rotatable bonds is 4. The monoisotopic (exact) mass is 419 g/mol. The van der Waals surface area contributed by atoms with Crippen molar-refractivity contribution < 1.29 is 9.53 Å². The molecule has 0 atom stereocenters. The van der Waals surface area contributed by atoms with Crippen LogP contribution in [0, 0.1) is 6.92 Å². The van der Waals surface area contributed by atoms with Gasteiger partial charge in [-0.25, -0.2) is 4.98 Å². The number of nitrogens with zero attached hydrogens (tertiary/aromatic N) is 4. The SMILES string of the molecule is Cc1ccc(Cl)cc1NC(=O)Cn1cnc2nc(N3CCOCC3)sc2c1=O. The number of hydrogen-bond acceptors (Lipinski definition) is 7. The third-order valence-electron chi connectivity index (χ3n) is 4.44. The number of thiazole rings is 1. The molecule has 4 rings (SSSR count). The molecule has 10 heteroatoms. The number of aromatic nitrogens is 3.